The van der Waals surface area contributed by atoms with E-state index >= 15 is 0 Å². The molecule has 0 aromatic heterocycles. The molecular formula is C12H17N2O4S-. The van der Waals surface area contributed by atoms with Gasteiger partial charge in [0.1, 0.15) is 0 Å². The van der Waals surface area contributed by atoms with E-state index < -0.39 is 11.1 Å². The zero-order valence-electron chi connectivity index (χ0n) is 10.4. The summed E-state index contributed by atoms with van der Waals surface area (Å²) in [5, 5.41) is 12.3. The summed E-state index contributed by atoms with van der Waals surface area (Å²) in [5.41, 5.74) is 3.06. The lowest BCUT2D eigenvalue weighted by Crippen LogP contribution is -2.22. The van der Waals surface area contributed by atoms with Gasteiger partial charge in [-0.15, -0.1) is 0 Å². The molecule has 1 aromatic rings. The second-order valence-electron chi connectivity index (χ2n) is 4.49. The van der Waals surface area contributed by atoms with Crippen LogP contribution in [0.3, 0.4) is 0 Å². The first-order chi connectivity index (χ1) is 9.20. The van der Waals surface area contributed by atoms with Crippen molar-refractivity contribution in [3.05, 3.63) is 18.2 Å². The maximum atomic E-state index is 10.8. The smallest absolute Gasteiger partial charge is 0.0845 e. The zero-order chi connectivity index (χ0) is 13.7. The van der Waals surface area contributed by atoms with E-state index in [0.717, 1.165) is 32.6 Å². The van der Waals surface area contributed by atoms with E-state index in [4.69, 9.17) is 9.94 Å². The fraction of sp³-hybridized carbons (Fsp3) is 0.500. The standard InChI is InChI=1S/C12H18N2O4S/c15-14-12-7-10(19(16)17)1-2-11(12)13-8-9-3-5-18-6-4-9/h1-2,7,9,13-15H,3-6,8H2,(H,16,17)/p-1. The van der Waals surface area contributed by atoms with Crippen molar-refractivity contribution in [1.82, 2.24) is 0 Å². The number of anilines is 2. The van der Waals surface area contributed by atoms with E-state index in [9.17, 15) is 8.76 Å². The van der Waals surface area contributed by atoms with Gasteiger partial charge < -0.3 is 14.6 Å². The Morgan fingerprint density at radius 3 is 2.74 bits per heavy atom. The first kappa shape index (κ1) is 14.3. The van der Waals surface area contributed by atoms with Crippen LogP contribution in [-0.2, 0) is 15.8 Å². The van der Waals surface area contributed by atoms with Crippen LogP contribution in [0, 0.1) is 5.92 Å². The maximum absolute atomic E-state index is 10.8. The van der Waals surface area contributed by atoms with E-state index in [0.29, 0.717) is 17.3 Å². The predicted octanol–water partition coefficient (Wildman–Crippen LogP) is 1.56. The molecule has 1 aliphatic heterocycles. The lowest BCUT2D eigenvalue weighted by Gasteiger charge is -2.23. The van der Waals surface area contributed by atoms with Gasteiger partial charge in [-0.3, -0.25) is 14.9 Å². The van der Waals surface area contributed by atoms with Crippen molar-refractivity contribution in [2.75, 3.05) is 30.6 Å². The molecule has 1 saturated heterocycles. The molecule has 3 N–H and O–H groups in total. The fourth-order valence-electron chi connectivity index (χ4n) is 2.08. The second-order valence-corrected chi connectivity index (χ2v) is 5.43. The highest BCUT2D eigenvalue weighted by Crippen LogP contribution is 2.25. The Morgan fingerprint density at radius 1 is 1.37 bits per heavy atom. The third-order valence-electron chi connectivity index (χ3n) is 3.23. The van der Waals surface area contributed by atoms with Crippen LogP contribution in [0.2, 0.25) is 0 Å². The summed E-state index contributed by atoms with van der Waals surface area (Å²) in [5.74, 6) is 0.536. The minimum Gasteiger partial charge on any atom is -0.768 e. The summed E-state index contributed by atoms with van der Waals surface area (Å²) in [7, 11) is 0. The third kappa shape index (κ3) is 3.90. The molecule has 7 heteroatoms. The average Bonchev–Trinajstić information content (AvgIpc) is 2.45. The molecule has 0 saturated carbocycles. The quantitative estimate of drug-likeness (QED) is 0.561. The molecule has 1 unspecified atom stereocenters. The van der Waals surface area contributed by atoms with Crippen molar-refractivity contribution in [1.29, 1.82) is 0 Å². The van der Waals surface area contributed by atoms with Crippen molar-refractivity contribution in [2.24, 2.45) is 5.92 Å². The molecule has 1 aromatic carbocycles. The SMILES string of the molecule is O=S([O-])c1ccc(NCC2CCOCC2)c(NO)c1. The first-order valence-electron chi connectivity index (χ1n) is 6.15. The van der Waals surface area contributed by atoms with Gasteiger partial charge in [0.25, 0.3) is 0 Å². The van der Waals surface area contributed by atoms with Crippen molar-refractivity contribution >= 4 is 22.5 Å². The number of hydrogen-bond acceptors (Lipinski definition) is 6. The third-order valence-corrected chi connectivity index (χ3v) is 3.86. The highest BCUT2D eigenvalue weighted by molar-refractivity contribution is 7.79. The van der Waals surface area contributed by atoms with Gasteiger partial charge in [-0.25, -0.2) is 0 Å². The topological polar surface area (TPSA) is 93.7 Å². The maximum Gasteiger partial charge on any atom is 0.0845 e. The van der Waals surface area contributed by atoms with Gasteiger partial charge in [-0.2, -0.15) is 0 Å². The van der Waals surface area contributed by atoms with Gasteiger partial charge in [0.15, 0.2) is 0 Å². The Balaban J connectivity index is 2.00. The summed E-state index contributed by atoms with van der Waals surface area (Å²) in [6.07, 6.45) is 2.02. The monoisotopic (exact) mass is 285 g/mol. The summed E-state index contributed by atoms with van der Waals surface area (Å²) in [6.45, 7) is 2.34. The number of benzene rings is 1. The van der Waals surface area contributed by atoms with Gasteiger partial charge in [-0.05, 0) is 48.0 Å². The van der Waals surface area contributed by atoms with Crippen LogP contribution >= 0.6 is 0 Å². The Hall–Kier alpha value is -1.15. The Kier molecular flexibility index (Phi) is 5.15. The number of rotatable bonds is 5. The average molecular weight is 285 g/mol. The Bertz CT molecular complexity index is 449. The highest BCUT2D eigenvalue weighted by Gasteiger charge is 2.14. The van der Waals surface area contributed by atoms with E-state index in [1.54, 1.807) is 6.07 Å². The van der Waals surface area contributed by atoms with E-state index in [-0.39, 0.29) is 4.90 Å². The molecule has 0 bridgehead atoms. The lowest BCUT2D eigenvalue weighted by molar-refractivity contribution is 0.0699. The minimum absolute atomic E-state index is 0.133. The Morgan fingerprint density at radius 2 is 2.11 bits per heavy atom. The predicted molar refractivity (Wildman–Crippen MR) is 71.1 cm³/mol. The normalized spacial score (nSPS) is 18.0. The van der Waals surface area contributed by atoms with Crippen molar-refractivity contribution < 1.29 is 18.7 Å². The summed E-state index contributed by atoms with van der Waals surface area (Å²) >= 11 is -2.30. The molecule has 106 valence electrons. The molecule has 1 heterocycles. The summed E-state index contributed by atoms with van der Waals surface area (Å²) in [6, 6.07) is 4.52. The van der Waals surface area contributed by atoms with Crippen LogP contribution in [0.4, 0.5) is 11.4 Å². The van der Waals surface area contributed by atoms with Crippen LogP contribution in [0.15, 0.2) is 23.1 Å². The molecule has 19 heavy (non-hydrogen) atoms. The van der Waals surface area contributed by atoms with Crippen molar-refractivity contribution in [3.63, 3.8) is 0 Å². The van der Waals surface area contributed by atoms with Crippen LogP contribution < -0.4 is 10.8 Å². The molecule has 1 aliphatic rings. The van der Waals surface area contributed by atoms with Crippen LogP contribution in [0.5, 0.6) is 0 Å². The lowest BCUT2D eigenvalue weighted by atomic mass is 10.0. The van der Waals surface area contributed by atoms with Gasteiger partial charge in [0.05, 0.1) is 11.4 Å². The first-order valence-corrected chi connectivity index (χ1v) is 7.23. The molecule has 0 amide bonds. The molecule has 2 rings (SSSR count). The summed E-state index contributed by atoms with van der Waals surface area (Å²) < 4.78 is 27.0. The van der Waals surface area contributed by atoms with Crippen LogP contribution in [-0.4, -0.2) is 33.7 Å². The van der Waals surface area contributed by atoms with E-state index in [1.165, 1.54) is 12.1 Å². The van der Waals surface area contributed by atoms with Gasteiger partial charge in [0, 0.05) is 24.7 Å². The summed E-state index contributed by atoms with van der Waals surface area (Å²) in [4.78, 5) is 0.133. The van der Waals surface area contributed by atoms with Gasteiger partial charge >= 0.3 is 0 Å². The van der Waals surface area contributed by atoms with E-state index in [1.807, 2.05) is 5.48 Å². The van der Waals surface area contributed by atoms with Crippen LogP contribution in [0.1, 0.15) is 12.8 Å². The molecule has 0 radical (unpaired) electrons. The zero-order valence-corrected chi connectivity index (χ0v) is 11.2. The van der Waals surface area contributed by atoms with Gasteiger partial charge in [0.2, 0.25) is 0 Å². The molecule has 1 atom stereocenters. The molecule has 1 fully saturated rings. The molecule has 0 aliphatic carbocycles. The number of hydrogen-bond donors (Lipinski definition) is 3. The molecule has 6 nitrogen and oxygen atoms in total. The Labute approximate surface area is 114 Å². The van der Waals surface area contributed by atoms with Crippen molar-refractivity contribution in [2.45, 2.75) is 17.7 Å². The molecule has 0 spiro atoms. The number of ether oxygens (including phenoxy) is 1. The highest BCUT2D eigenvalue weighted by atomic mass is 32.2. The molecular weight excluding hydrogens is 268 g/mol. The van der Waals surface area contributed by atoms with Gasteiger partial charge in [-0.1, -0.05) is 0 Å². The fourth-order valence-corrected chi connectivity index (χ4v) is 2.47. The minimum atomic E-state index is -2.30. The second kappa shape index (κ2) is 6.85. The van der Waals surface area contributed by atoms with Crippen molar-refractivity contribution in [3.8, 4) is 0 Å². The largest absolute Gasteiger partial charge is 0.768 e. The number of nitrogens with one attached hydrogen (secondary N) is 2. The van der Waals surface area contributed by atoms with Crippen LogP contribution in [0.25, 0.3) is 0 Å². The van der Waals surface area contributed by atoms with E-state index in [2.05, 4.69) is 5.32 Å².